The van der Waals surface area contributed by atoms with Gasteiger partial charge in [-0.3, -0.25) is 0 Å². The van der Waals surface area contributed by atoms with Crippen molar-refractivity contribution in [3.63, 3.8) is 0 Å². The van der Waals surface area contributed by atoms with Crippen molar-refractivity contribution in [2.24, 2.45) is 0 Å². The molecule has 1 saturated heterocycles. The van der Waals surface area contributed by atoms with Gasteiger partial charge in [0.1, 0.15) is 16.4 Å². The number of thiazole rings is 1. The topological polar surface area (TPSA) is 155 Å². The Morgan fingerprint density at radius 1 is 1.21 bits per heavy atom. The maximum absolute atomic E-state index is 14.0. The summed E-state index contributed by atoms with van der Waals surface area (Å²) in [4.78, 5) is 35.6. The number of carbonyl (C=O) groups excluding carboxylic acids is 1. The second-order valence-corrected chi connectivity index (χ2v) is 13.9. The summed E-state index contributed by atoms with van der Waals surface area (Å²) in [6.45, 7) is 5.88. The molecular formula is C28H32N8O4S2. The highest BCUT2D eigenvalue weighted by Gasteiger charge is 2.54. The van der Waals surface area contributed by atoms with Gasteiger partial charge in [-0.25, -0.2) is 33.1 Å². The van der Waals surface area contributed by atoms with Gasteiger partial charge in [0.15, 0.2) is 5.82 Å². The van der Waals surface area contributed by atoms with Crippen LogP contribution < -0.4 is 15.5 Å². The summed E-state index contributed by atoms with van der Waals surface area (Å²) in [5.74, 6) is 1.74. The highest BCUT2D eigenvalue weighted by molar-refractivity contribution is 7.94. The van der Waals surface area contributed by atoms with E-state index in [1.54, 1.807) is 36.8 Å². The van der Waals surface area contributed by atoms with Crippen LogP contribution in [0.4, 0.5) is 16.3 Å². The number of nitrogens with one attached hydrogen (secondary N) is 3. The van der Waals surface area contributed by atoms with Crippen LogP contribution in [0.5, 0.6) is 0 Å². The van der Waals surface area contributed by atoms with E-state index in [0.29, 0.717) is 72.7 Å². The Labute approximate surface area is 247 Å². The quantitative estimate of drug-likeness (QED) is 0.269. The number of aromatic nitrogens is 5. The molecule has 2 amide bonds. The van der Waals surface area contributed by atoms with Gasteiger partial charge in [-0.15, -0.1) is 11.3 Å². The summed E-state index contributed by atoms with van der Waals surface area (Å²) in [5.41, 5.74) is 2.46. The number of benzene rings is 1. The standard InChI is InChI=1S/C28H32N8O4S2/c1-18-17-41-27(32-18)42(38,39)28(8-3-9-28)22-14-24(36-12-13-40-16-19(36)2)35-25(34-22)20-4-6-21(7-5-20)33-26(37)31-15-23-29-10-11-30-23/h4-7,10-11,14,17,19H,3,8-9,12-13,15-16H2,1-2H3,(H,29,30)(H2,31,33,37)/t19-/m0/s1. The molecule has 4 aromatic rings. The largest absolute Gasteiger partial charge is 0.377 e. The monoisotopic (exact) mass is 608 g/mol. The molecule has 1 aliphatic carbocycles. The average Bonchev–Trinajstić information content (AvgIpc) is 3.64. The predicted octanol–water partition coefficient (Wildman–Crippen LogP) is 4.03. The van der Waals surface area contributed by atoms with Crippen LogP contribution in [0.1, 0.15) is 43.4 Å². The molecule has 1 atom stereocenters. The van der Waals surface area contributed by atoms with Crippen molar-refractivity contribution >= 4 is 38.7 Å². The maximum Gasteiger partial charge on any atom is 0.319 e. The first-order chi connectivity index (χ1) is 20.2. The summed E-state index contributed by atoms with van der Waals surface area (Å²) in [6.07, 6.45) is 5.04. The molecule has 3 N–H and O–H groups in total. The van der Waals surface area contributed by atoms with Gasteiger partial charge in [0.05, 0.1) is 31.5 Å². The van der Waals surface area contributed by atoms with Gasteiger partial charge in [0.2, 0.25) is 14.2 Å². The van der Waals surface area contributed by atoms with E-state index in [9.17, 15) is 13.2 Å². The fourth-order valence-electron chi connectivity index (χ4n) is 5.23. The van der Waals surface area contributed by atoms with Crippen LogP contribution in [0.3, 0.4) is 0 Å². The number of imidazole rings is 1. The number of ether oxygens (including phenoxy) is 1. The second-order valence-electron chi connectivity index (χ2n) is 10.6. The van der Waals surface area contributed by atoms with Crippen LogP contribution in [0.15, 0.2) is 52.4 Å². The lowest BCUT2D eigenvalue weighted by Crippen LogP contribution is -2.46. The van der Waals surface area contributed by atoms with Crippen molar-refractivity contribution in [1.29, 1.82) is 0 Å². The number of hydrogen-bond acceptors (Lipinski definition) is 10. The van der Waals surface area contributed by atoms with Gasteiger partial charge in [0.25, 0.3) is 0 Å². The molecule has 1 aromatic carbocycles. The number of hydrogen-bond donors (Lipinski definition) is 3. The minimum atomic E-state index is -3.79. The number of anilines is 2. The summed E-state index contributed by atoms with van der Waals surface area (Å²) in [7, 11) is -3.79. The van der Waals surface area contributed by atoms with E-state index >= 15 is 0 Å². The van der Waals surface area contributed by atoms with E-state index < -0.39 is 14.6 Å². The van der Waals surface area contributed by atoms with Crippen LogP contribution in [-0.4, -0.2) is 65.2 Å². The summed E-state index contributed by atoms with van der Waals surface area (Å²) in [5, 5.41) is 7.32. The van der Waals surface area contributed by atoms with E-state index in [0.717, 1.165) is 17.8 Å². The number of nitrogens with zero attached hydrogens (tertiary/aromatic N) is 5. The number of aryl methyl sites for hydroxylation is 1. The maximum atomic E-state index is 14.0. The number of morpholine rings is 1. The molecule has 1 saturated carbocycles. The fourth-order valence-corrected chi connectivity index (χ4v) is 8.69. The Bertz CT molecular complexity index is 1670. The fraction of sp³-hybridized carbons (Fsp3) is 0.393. The smallest absolute Gasteiger partial charge is 0.319 e. The molecule has 14 heteroatoms. The average molecular weight is 609 g/mol. The first kappa shape index (κ1) is 28.2. The molecule has 12 nitrogen and oxygen atoms in total. The summed E-state index contributed by atoms with van der Waals surface area (Å²) >= 11 is 1.16. The lowest BCUT2D eigenvalue weighted by Gasteiger charge is -2.41. The van der Waals surface area contributed by atoms with Crippen molar-refractivity contribution in [1.82, 2.24) is 30.2 Å². The van der Waals surface area contributed by atoms with Crippen LogP contribution in [0.25, 0.3) is 11.4 Å². The minimum absolute atomic E-state index is 0.0659. The zero-order chi connectivity index (χ0) is 29.3. The zero-order valence-electron chi connectivity index (χ0n) is 23.3. The molecule has 3 aromatic heterocycles. The molecule has 1 aliphatic heterocycles. The molecule has 42 heavy (non-hydrogen) atoms. The first-order valence-corrected chi connectivity index (χ1v) is 16.2. The molecule has 0 spiro atoms. The first-order valence-electron chi connectivity index (χ1n) is 13.8. The third kappa shape index (κ3) is 5.37. The highest BCUT2D eigenvalue weighted by atomic mass is 32.2. The lowest BCUT2D eigenvalue weighted by atomic mass is 9.81. The normalized spacial score (nSPS) is 18.3. The number of H-pyrrole nitrogens is 1. The Kier molecular flexibility index (Phi) is 7.68. The van der Waals surface area contributed by atoms with Crippen molar-refractivity contribution in [2.45, 2.75) is 54.8 Å². The number of aromatic amines is 1. The number of urea groups is 1. The van der Waals surface area contributed by atoms with Gasteiger partial charge in [-0.2, -0.15) is 0 Å². The SMILES string of the molecule is Cc1csc(S(=O)(=O)C2(c3cc(N4CCOC[C@@H]4C)nc(-c4ccc(NC(=O)NCc5ncc[nH]5)cc4)n3)CCC2)n1. The predicted molar refractivity (Wildman–Crippen MR) is 159 cm³/mol. The van der Waals surface area contributed by atoms with E-state index in [1.807, 2.05) is 18.2 Å². The number of sulfone groups is 1. The molecule has 0 bridgehead atoms. The molecule has 2 fully saturated rings. The molecule has 4 heterocycles. The zero-order valence-corrected chi connectivity index (χ0v) is 25.0. The Morgan fingerprint density at radius 3 is 2.67 bits per heavy atom. The van der Waals surface area contributed by atoms with Gasteiger partial charge in [-0.05, 0) is 57.4 Å². The van der Waals surface area contributed by atoms with E-state index in [1.165, 1.54) is 0 Å². The summed E-state index contributed by atoms with van der Waals surface area (Å²) < 4.78 is 32.7. The van der Waals surface area contributed by atoms with Crippen LogP contribution in [0.2, 0.25) is 0 Å². The van der Waals surface area contributed by atoms with E-state index in [-0.39, 0.29) is 23.0 Å². The molecule has 0 unspecified atom stereocenters. The second kappa shape index (κ2) is 11.4. The van der Waals surface area contributed by atoms with Crippen LogP contribution in [-0.2, 0) is 25.9 Å². The lowest BCUT2D eigenvalue weighted by molar-refractivity contribution is 0.0985. The molecule has 0 radical (unpaired) electrons. The minimum Gasteiger partial charge on any atom is -0.377 e. The van der Waals surface area contributed by atoms with Gasteiger partial charge in [-0.1, -0.05) is 0 Å². The van der Waals surface area contributed by atoms with Gasteiger partial charge in [0, 0.05) is 47.3 Å². The van der Waals surface area contributed by atoms with Gasteiger partial charge >= 0.3 is 6.03 Å². The molecule has 2 aliphatic rings. The third-order valence-corrected chi connectivity index (χ3v) is 11.6. The number of amides is 2. The van der Waals surface area contributed by atoms with E-state index in [4.69, 9.17) is 14.7 Å². The van der Waals surface area contributed by atoms with Crippen molar-refractivity contribution in [3.05, 3.63) is 65.3 Å². The number of carbonyl (C=O) groups is 1. The molecule has 6 rings (SSSR count). The Balaban J connectivity index is 1.33. The van der Waals surface area contributed by atoms with Crippen LogP contribution in [0, 0.1) is 6.92 Å². The summed E-state index contributed by atoms with van der Waals surface area (Å²) in [6, 6.07) is 8.71. The number of rotatable bonds is 8. The van der Waals surface area contributed by atoms with Crippen molar-refractivity contribution in [2.75, 3.05) is 30.0 Å². The van der Waals surface area contributed by atoms with Crippen molar-refractivity contribution in [3.8, 4) is 11.4 Å². The molecule has 220 valence electrons. The van der Waals surface area contributed by atoms with Crippen LogP contribution >= 0.6 is 11.3 Å². The highest BCUT2D eigenvalue weighted by Crippen LogP contribution is 2.51. The third-order valence-electron chi connectivity index (χ3n) is 7.72. The van der Waals surface area contributed by atoms with Crippen molar-refractivity contribution < 1.29 is 17.9 Å². The molecular weight excluding hydrogens is 576 g/mol. The van der Waals surface area contributed by atoms with E-state index in [2.05, 4.69) is 37.4 Å². The Morgan fingerprint density at radius 2 is 2.02 bits per heavy atom. The van der Waals surface area contributed by atoms with Gasteiger partial charge < -0.3 is 25.3 Å². The Hall–Kier alpha value is -3.88.